The molecule has 0 radical (unpaired) electrons. The van der Waals surface area contributed by atoms with Crippen molar-refractivity contribution in [1.29, 1.82) is 0 Å². The first-order valence-electron chi connectivity index (χ1n) is 7.61. The summed E-state index contributed by atoms with van der Waals surface area (Å²) >= 11 is 0. The molecule has 1 aromatic carbocycles. The molecule has 0 spiro atoms. The minimum atomic E-state index is 0. The topological polar surface area (TPSA) is 59.6 Å². The average molecular weight is 401 g/mol. The summed E-state index contributed by atoms with van der Waals surface area (Å²) in [4.78, 5) is 4.52. The SMILES string of the molecule is I.NC(=NCC1CCCC1)NC1CCOc2ccccc21. The number of nitrogens with one attached hydrogen (secondary N) is 1. The smallest absolute Gasteiger partial charge is 0.189 e. The Balaban J connectivity index is 0.00000161. The molecule has 116 valence electrons. The van der Waals surface area contributed by atoms with Crippen molar-refractivity contribution in [2.75, 3.05) is 13.2 Å². The largest absolute Gasteiger partial charge is 0.493 e. The Hall–Kier alpha value is -0.980. The summed E-state index contributed by atoms with van der Waals surface area (Å²) in [6.07, 6.45) is 6.23. The first-order valence-corrected chi connectivity index (χ1v) is 7.61. The number of benzene rings is 1. The summed E-state index contributed by atoms with van der Waals surface area (Å²) < 4.78 is 5.66. The molecule has 1 saturated carbocycles. The molecule has 0 amide bonds. The summed E-state index contributed by atoms with van der Waals surface area (Å²) in [5, 5.41) is 3.35. The lowest BCUT2D eigenvalue weighted by Crippen LogP contribution is -2.37. The minimum absolute atomic E-state index is 0. The average Bonchev–Trinajstić information content (AvgIpc) is 2.99. The lowest BCUT2D eigenvalue weighted by atomic mass is 10.0. The molecule has 3 N–H and O–H groups in total. The van der Waals surface area contributed by atoms with Gasteiger partial charge in [-0.1, -0.05) is 31.0 Å². The van der Waals surface area contributed by atoms with Gasteiger partial charge in [0.1, 0.15) is 5.75 Å². The first-order chi connectivity index (χ1) is 9.83. The lowest BCUT2D eigenvalue weighted by Gasteiger charge is -2.27. The van der Waals surface area contributed by atoms with E-state index in [0.717, 1.165) is 31.2 Å². The van der Waals surface area contributed by atoms with E-state index in [2.05, 4.69) is 16.4 Å². The molecule has 1 aliphatic heterocycles. The second kappa shape index (κ2) is 7.87. The standard InChI is InChI=1S/C16H23N3O.HI/c17-16(18-11-12-5-1-2-6-12)19-14-9-10-20-15-8-4-3-7-13(14)15;/h3-4,7-8,12,14H,1-2,5-6,9-11H2,(H3,17,18,19);1H. The molecule has 1 unspecified atom stereocenters. The maximum Gasteiger partial charge on any atom is 0.189 e. The summed E-state index contributed by atoms with van der Waals surface area (Å²) in [6.45, 7) is 1.59. The predicted octanol–water partition coefficient (Wildman–Crippen LogP) is 3.22. The number of aliphatic imine (C=N–C) groups is 1. The van der Waals surface area contributed by atoms with Gasteiger partial charge in [-0.3, -0.25) is 4.99 Å². The van der Waals surface area contributed by atoms with Crippen LogP contribution in [0.25, 0.3) is 0 Å². The van der Waals surface area contributed by atoms with Crippen LogP contribution in [0, 0.1) is 5.92 Å². The number of fused-ring (bicyclic) bond motifs is 1. The second-order valence-corrected chi connectivity index (χ2v) is 5.75. The molecular formula is C16H24IN3O. The number of nitrogens with zero attached hydrogens (tertiary/aromatic N) is 1. The Labute approximate surface area is 143 Å². The number of nitrogens with two attached hydrogens (primary N) is 1. The van der Waals surface area contributed by atoms with Crippen LogP contribution in [-0.2, 0) is 0 Å². The first kappa shape index (κ1) is 16.4. The van der Waals surface area contributed by atoms with E-state index in [-0.39, 0.29) is 30.0 Å². The molecule has 1 atom stereocenters. The Morgan fingerprint density at radius 1 is 1.24 bits per heavy atom. The highest BCUT2D eigenvalue weighted by Gasteiger charge is 2.21. The van der Waals surface area contributed by atoms with Crippen LogP contribution >= 0.6 is 24.0 Å². The molecule has 1 aliphatic carbocycles. The zero-order chi connectivity index (χ0) is 13.8. The fourth-order valence-electron chi connectivity index (χ4n) is 3.14. The number of halogens is 1. The van der Waals surface area contributed by atoms with E-state index in [1.807, 2.05) is 18.2 Å². The van der Waals surface area contributed by atoms with Crippen molar-refractivity contribution in [3.05, 3.63) is 29.8 Å². The molecule has 21 heavy (non-hydrogen) atoms. The molecule has 1 aromatic rings. The molecule has 1 fully saturated rings. The zero-order valence-corrected chi connectivity index (χ0v) is 14.6. The third-order valence-corrected chi connectivity index (χ3v) is 4.28. The van der Waals surface area contributed by atoms with E-state index in [1.165, 1.54) is 31.2 Å². The highest BCUT2D eigenvalue weighted by atomic mass is 127. The van der Waals surface area contributed by atoms with Crippen LogP contribution in [0.15, 0.2) is 29.3 Å². The Morgan fingerprint density at radius 2 is 2.00 bits per heavy atom. The second-order valence-electron chi connectivity index (χ2n) is 5.75. The molecule has 1 heterocycles. The normalized spacial score (nSPS) is 22.1. The van der Waals surface area contributed by atoms with Crippen molar-refractivity contribution < 1.29 is 4.74 Å². The van der Waals surface area contributed by atoms with Gasteiger partial charge in [-0.25, -0.2) is 0 Å². The van der Waals surface area contributed by atoms with Crippen molar-refractivity contribution in [3.8, 4) is 5.75 Å². The van der Waals surface area contributed by atoms with E-state index in [9.17, 15) is 0 Å². The van der Waals surface area contributed by atoms with Crippen LogP contribution in [-0.4, -0.2) is 19.1 Å². The van der Waals surface area contributed by atoms with E-state index in [1.54, 1.807) is 0 Å². The molecule has 0 bridgehead atoms. The molecule has 0 saturated heterocycles. The van der Waals surface area contributed by atoms with Gasteiger partial charge in [0.05, 0.1) is 12.6 Å². The zero-order valence-electron chi connectivity index (χ0n) is 12.3. The molecule has 3 rings (SSSR count). The van der Waals surface area contributed by atoms with Gasteiger partial charge in [0.15, 0.2) is 5.96 Å². The van der Waals surface area contributed by atoms with Gasteiger partial charge in [0, 0.05) is 18.5 Å². The van der Waals surface area contributed by atoms with Gasteiger partial charge in [0.25, 0.3) is 0 Å². The number of hydrogen-bond donors (Lipinski definition) is 2. The van der Waals surface area contributed by atoms with Crippen LogP contribution in [0.2, 0.25) is 0 Å². The summed E-state index contributed by atoms with van der Waals surface area (Å²) in [5.41, 5.74) is 7.22. The van der Waals surface area contributed by atoms with Crippen LogP contribution in [0.4, 0.5) is 0 Å². The van der Waals surface area contributed by atoms with E-state index < -0.39 is 0 Å². The molecular weight excluding hydrogens is 377 g/mol. The number of rotatable bonds is 3. The Bertz CT molecular complexity index is 486. The quantitative estimate of drug-likeness (QED) is 0.465. The number of para-hydroxylation sites is 1. The molecule has 5 heteroatoms. The van der Waals surface area contributed by atoms with Crippen molar-refractivity contribution in [1.82, 2.24) is 5.32 Å². The summed E-state index contributed by atoms with van der Waals surface area (Å²) in [5.74, 6) is 2.26. The van der Waals surface area contributed by atoms with Crippen LogP contribution in [0.1, 0.15) is 43.7 Å². The van der Waals surface area contributed by atoms with Crippen molar-refractivity contribution in [2.24, 2.45) is 16.6 Å². The monoisotopic (exact) mass is 401 g/mol. The number of guanidine groups is 1. The highest BCUT2D eigenvalue weighted by Crippen LogP contribution is 2.31. The summed E-state index contributed by atoms with van der Waals surface area (Å²) in [7, 11) is 0. The van der Waals surface area contributed by atoms with Gasteiger partial charge >= 0.3 is 0 Å². The highest BCUT2D eigenvalue weighted by molar-refractivity contribution is 14.0. The minimum Gasteiger partial charge on any atom is -0.493 e. The fraction of sp³-hybridized carbons (Fsp3) is 0.562. The Kier molecular flexibility index (Phi) is 6.14. The van der Waals surface area contributed by atoms with Crippen molar-refractivity contribution >= 4 is 29.9 Å². The van der Waals surface area contributed by atoms with Gasteiger partial charge in [-0.15, -0.1) is 24.0 Å². The van der Waals surface area contributed by atoms with E-state index in [4.69, 9.17) is 10.5 Å². The third kappa shape index (κ3) is 4.25. The van der Waals surface area contributed by atoms with Gasteiger partial charge in [-0.05, 0) is 24.8 Å². The lowest BCUT2D eigenvalue weighted by molar-refractivity contribution is 0.262. The number of ether oxygens (including phenoxy) is 1. The summed E-state index contributed by atoms with van der Waals surface area (Å²) in [6, 6.07) is 8.35. The van der Waals surface area contributed by atoms with Gasteiger partial charge in [0.2, 0.25) is 0 Å². The van der Waals surface area contributed by atoms with E-state index in [0.29, 0.717) is 5.96 Å². The maximum atomic E-state index is 6.04. The van der Waals surface area contributed by atoms with Gasteiger partial charge in [-0.2, -0.15) is 0 Å². The molecule has 4 nitrogen and oxygen atoms in total. The van der Waals surface area contributed by atoms with Crippen LogP contribution < -0.4 is 15.8 Å². The predicted molar refractivity (Wildman–Crippen MR) is 96.3 cm³/mol. The van der Waals surface area contributed by atoms with E-state index >= 15 is 0 Å². The van der Waals surface area contributed by atoms with Gasteiger partial charge < -0.3 is 15.8 Å². The van der Waals surface area contributed by atoms with Crippen molar-refractivity contribution in [2.45, 2.75) is 38.1 Å². The fourth-order valence-corrected chi connectivity index (χ4v) is 3.14. The number of hydrogen-bond acceptors (Lipinski definition) is 2. The maximum absolute atomic E-state index is 6.04. The van der Waals surface area contributed by atoms with Crippen molar-refractivity contribution in [3.63, 3.8) is 0 Å². The molecule has 2 aliphatic rings. The third-order valence-electron chi connectivity index (χ3n) is 4.28. The van der Waals surface area contributed by atoms with Crippen LogP contribution in [0.3, 0.4) is 0 Å². The molecule has 0 aromatic heterocycles. The van der Waals surface area contributed by atoms with Crippen LogP contribution in [0.5, 0.6) is 5.75 Å². The Morgan fingerprint density at radius 3 is 2.81 bits per heavy atom.